The summed E-state index contributed by atoms with van der Waals surface area (Å²) >= 11 is 0. The molecule has 64 valence electrons. The van der Waals surface area contributed by atoms with Crippen LogP contribution in [-0.2, 0) is 4.74 Å². The van der Waals surface area contributed by atoms with E-state index in [4.69, 9.17) is 15.4 Å². The van der Waals surface area contributed by atoms with Gasteiger partial charge in [0.1, 0.15) is 6.07 Å². The lowest BCUT2D eigenvalue weighted by Gasteiger charge is -1.94. The fraction of sp³-hybridized carbons (Fsp3) is 0.250. The predicted octanol–water partition coefficient (Wildman–Crippen LogP) is 1.14. The van der Waals surface area contributed by atoms with Crippen LogP contribution in [0.15, 0.2) is 24.1 Å². The number of nitrogens with one attached hydrogen (secondary N) is 2. The zero-order valence-corrected chi connectivity index (χ0v) is 7.09. The summed E-state index contributed by atoms with van der Waals surface area (Å²) in [5.74, 6) is 0.575. The molecule has 0 heterocycles. The van der Waals surface area contributed by atoms with E-state index in [-0.39, 0.29) is 5.84 Å². The van der Waals surface area contributed by atoms with E-state index in [0.717, 1.165) is 5.76 Å². The summed E-state index contributed by atoms with van der Waals surface area (Å²) in [4.78, 5) is 0. The van der Waals surface area contributed by atoms with Gasteiger partial charge in [-0.1, -0.05) is 0 Å². The fourth-order valence-corrected chi connectivity index (χ4v) is 0.415. The van der Waals surface area contributed by atoms with Gasteiger partial charge in [-0.05, 0) is 19.1 Å². The Kier molecular flexibility index (Phi) is 5.11. The molecule has 4 heteroatoms. The van der Waals surface area contributed by atoms with Gasteiger partial charge in [0.15, 0.2) is 0 Å². The molecule has 0 radical (unpaired) electrons. The Balaban J connectivity index is 3.80. The lowest BCUT2D eigenvalue weighted by atomic mass is 10.4. The van der Waals surface area contributed by atoms with Crippen LogP contribution < -0.4 is 5.32 Å². The van der Waals surface area contributed by atoms with Gasteiger partial charge < -0.3 is 10.1 Å². The Morgan fingerprint density at radius 3 is 2.83 bits per heavy atom. The number of amidine groups is 1. The maximum Gasteiger partial charge on any atom is 0.202 e. The molecular formula is C8H11N3O. The summed E-state index contributed by atoms with van der Waals surface area (Å²) in [6, 6.07) is 1.64. The van der Waals surface area contributed by atoms with Crippen molar-refractivity contribution in [2.45, 2.75) is 6.92 Å². The van der Waals surface area contributed by atoms with Crippen molar-refractivity contribution >= 4 is 5.84 Å². The van der Waals surface area contributed by atoms with Gasteiger partial charge in [-0.2, -0.15) is 5.26 Å². The second kappa shape index (κ2) is 5.98. The monoisotopic (exact) mass is 165 g/mol. The number of methoxy groups -OCH3 is 1. The van der Waals surface area contributed by atoms with Crippen molar-refractivity contribution in [3.8, 4) is 6.07 Å². The first-order valence-corrected chi connectivity index (χ1v) is 3.33. The summed E-state index contributed by atoms with van der Waals surface area (Å²) in [5.41, 5.74) is 0. The van der Waals surface area contributed by atoms with Gasteiger partial charge in [0, 0.05) is 6.20 Å². The molecule has 0 fully saturated rings. The second-order valence-electron chi connectivity index (χ2n) is 1.97. The van der Waals surface area contributed by atoms with E-state index < -0.39 is 0 Å². The second-order valence-corrected chi connectivity index (χ2v) is 1.97. The highest BCUT2D eigenvalue weighted by atomic mass is 16.5. The van der Waals surface area contributed by atoms with Gasteiger partial charge in [-0.3, -0.25) is 5.41 Å². The number of rotatable bonds is 3. The van der Waals surface area contributed by atoms with Gasteiger partial charge in [-0.25, -0.2) is 0 Å². The first-order valence-electron chi connectivity index (χ1n) is 3.33. The van der Waals surface area contributed by atoms with Crippen LogP contribution in [0.25, 0.3) is 0 Å². The van der Waals surface area contributed by atoms with Crippen molar-refractivity contribution in [2.75, 3.05) is 7.11 Å². The van der Waals surface area contributed by atoms with Gasteiger partial charge >= 0.3 is 0 Å². The number of nitrogens with zero attached hydrogens (tertiary/aromatic N) is 1. The number of nitriles is 1. The number of allylic oxidation sites excluding steroid dienone is 3. The molecule has 0 saturated heterocycles. The maximum atomic E-state index is 8.18. The number of hydrogen-bond donors (Lipinski definition) is 2. The fourth-order valence-electron chi connectivity index (χ4n) is 0.415. The first-order chi connectivity index (χ1) is 5.70. The Morgan fingerprint density at radius 1 is 1.67 bits per heavy atom. The van der Waals surface area contributed by atoms with Gasteiger partial charge in [0.25, 0.3) is 0 Å². The van der Waals surface area contributed by atoms with Gasteiger partial charge in [-0.15, -0.1) is 0 Å². The van der Waals surface area contributed by atoms with E-state index in [1.807, 2.05) is 0 Å². The summed E-state index contributed by atoms with van der Waals surface area (Å²) in [6.45, 7) is 1.81. The normalized spacial score (nSPS) is 10.9. The van der Waals surface area contributed by atoms with Crippen LogP contribution >= 0.6 is 0 Å². The van der Waals surface area contributed by atoms with Crippen LogP contribution in [0, 0.1) is 16.7 Å². The Bertz CT molecular complexity index is 248. The lowest BCUT2D eigenvalue weighted by molar-refractivity contribution is 0.294. The minimum atomic E-state index is -0.185. The quantitative estimate of drug-likeness (QED) is 0.285. The molecule has 0 bridgehead atoms. The van der Waals surface area contributed by atoms with Crippen molar-refractivity contribution in [2.24, 2.45) is 0 Å². The largest absolute Gasteiger partial charge is 0.501 e. The number of hydrogen-bond acceptors (Lipinski definition) is 3. The summed E-state index contributed by atoms with van der Waals surface area (Å²) < 4.78 is 4.85. The first kappa shape index (κ1) is 10.2. The number of ether oxygens (including phenoxy) is 1. The standard InChI is InChI=1S/C8H11N3O/c1-7(12-2)4-3-5-11-8(10)6-9/h3-5H,1-2H3,(H2,10,11)/b5-3-,7-4+. The lowest BCUT2D eigenvalue weighted by Crippen LogP contribution is -2.12. The maximum absolute atomic E-state index is 8.18. The minimum Gasteiger partial charge on any atom is -0.501 e. The van der Waals surface area contributed by atoms with Crippen LogP contribution in [0.5, 0.6) is 0 Å². The molecule has 0 spiro atoms. The van der Waals surface area contributed by atoms with Gasteiger partial charge in [0.2, 0.25) is 5.84 Å². The van der Waals surface area contributed by atoms with Crippen molar-refractivity contribution in [3.05, 3.63) is 24.1 Å². The minimum absolute atomic E-state index is 0.185. The van der Waals surface area contributed by atoms with Crippen LogP contribution in [0.2, 0.25) is 0 Å². The van der Waals surface area contributed by atoms with Crippen molar-refractivity contribution < 1.29 is 4.74 Å². The molecule has 0 rings (SSSR count). The van der Waals surface area contributed by atoms with Crippen molar-refractivity contribution in [3.63, 3.8) is 0 Å². The predicted molar refractivity (Wildman–Crippen MR) is 46.4 cm³/mol. The molecular weight excluding hydrogens is 154 g/mol. The molecule has 0 aromatic heterocycles. The molecule has 0 amide bonds. The van der Waals surface area contributed by atoms with E-state index in [1.165, 1.54) is 6.20 Å². The summed E-state index contributed by atoms with van der Waals surface area (Å²) in [7, 11) is 1.57. The van der Waals surface area contributed by atoms with Crippen LogP contribution in [0.3, 0.4) is 0 Å². The Labute approximate surface area is 71.7 Å². The molecule has 2 N–H and O–H groups in total. The van der Waals surface area contributed by atoms with Crippen molar-refractivity contribution in [1.82, 2.24) is 5.32 Å². The van der Waals surface area contributed by atoms with Crippen LogP contribution in [0.4, 0.5) is 0 Å². The molecule has 0 aromatic rings. The molecule has 0 aliphatic rings. The zero-order chi connectivity index (χ0) is 9.40. The van der Waals surface area contributed by atoms with E-state index in [9.17, 15) is 0 Å². The van der Waals surface area contributed by atoms with Gasteiger partial charge in [0.05, 0.1) is 12.9 Å². The third-order valence-electron chi connectivity index (χ3n) is 1.09. The highest BCUT2D eigenvalue weighted by Gasteiger charge is 1.83. The van der Waals surface area contributed by atoms with Crippen LogP contribution in [0.1, 0.15) is 6.92 Å². The molecule has 0 atom stereocenters. The third kappa shape index (κ3) is 5.06. The van der Waals surface area contributed by atoms with E-state index in [1.54, 1.807) is 32.3 Å². The molecule has 12 heavy (non-hydrogen) atoms. The Morgan fingerprint density at radius 2 is 2.33 bits per heavy atom. The molecule has 0 aliphatic carbocycles. The molecule has 0 unspecified atom stereocenters. The Hall–Kier alpha value is -1.76. The van der Waals surface area contributed by atoms with Crippen molar-refractivity contribution in [1.29, 1.82) is 10.7 Å². The summed E-state index contributed by atoms with van der Waals surface area (Å²) in [5, 5.41) is 17.5. The average Bonchev–Trinajstić information content (AvgIpc) is 2.11. The van der Waals surface area contributed by atoms with E-state index in [2.05, 4.69) is 5.32 Å². The SMILES string of the molecule is CO/C(C)=C/C=C\NC(=N)C#N. The summed E-state index contributed by atoms with van der Waals surface area (Å²) in [6.07, 6.45) is 4.87. The average molecular weight is 165 g/mol. The molecule has 0 aliphatic heterocycles. The van der Waals surface area contributed by atoms with E-state index in [0.29, 0.717) is 0 Å². The highest BCUT2D eigenvalue weighted by molar-refractivity contribution is 5.94. The zero-order valence-electron chi connectivity index (χ0n) is 7.09. The molecule has 4 nitrogen and oxygen atoms in total. The smallest absolute Gasteiger partial charge is 0.202 e. The van der Waals surface area contributed by atoms with Crippen LogP contribution in [-0.4, -0.2) is 12.9 Å². The molecule has 0 aromatic carbocycles. The molecule has 0 saturated carbocycles. The highest BCUT2D eigenvalue weighted by Crippen LogP contribution is 1.90. The third-order valence-corrected chi connectivity index (χ3v) is 1.09. The van der Waals surface area contributed by atoms with E-state index >= 15 is 0 Å². The topological polar surface area (TPSA) is 68.9 Å².